The maximum Gasteiger partial charge on any atom is 0.0432 e. The maximum absolute atomic E-state index is 5.45. The van der Waals surface area contributed by atoms with Crippen LogP contribution >= 0.6 is 0 Å². The van der Waals surface area contributed by atoms with Crippen LogP contribution in [0.15, 0.2) is 18.2 Å². The topological polar surface area (TPSA) is 38.9 Å². The molecule has 0 bridgehead atoms. The fraction of sp³-hybridized carbons (Fsp3) is 0.545. The van der Waals surface area contributed by atoms with E-state index < -0.39 is 0 Å². The van der Waals surface area contributed by atoms with Gasteiger partial charge in [0.1, 0.15) is 0 Å². The molecule has 0 saturated heterocycles. The summed E-state index contributed by atoms with van der Waals surface area (Å²) in [7, 11) is 0. The van der Waals surface area contributed by atoms with E-state index in [2.05, 4.69) is 37.0 Å². The molecule has 0 fully saturated rings. The van der Waals surface area contributed by atoms with Gasteiger partial charge in [0, 0.05) is 11.4 Å². The first-order valence-corrected chi connectivity index (χ1v) is 4.90. The molecule has 1 aromatic rings. The van der Waals surface area contributed by atoms with Crippen molar-refractivity contribution in [1.82, 2.24) is 4.98 Å². The Balaban J connectivity index is 2.68. The minimum Gasteiger partial charge on any atom is -0.330 e. The van der Waals surface area contributed by atoms with Gasteiger partial charge in [-0.05, 0) is 37.4 Å². The summed E-state index contributed by atoms with van der Waals surface area (Å²) >= 11 is 0. The van der Waals surface area contributed by atoms with Gasteiger partial charge in [0.05, 0.1) is 0 Å². The number of rotatable bonds is 4. The molecular weight excluding hydrogens is 160 g/mol. The molecule has 0 aliphatic heterocycles. The highest BCUT2D eigenvalue weighted by atomic mass is 14.7. The summed E-state index contributed by atoms with van der Waals surface area (Å²) in [6.45, 7) is 5.07. The third-order valence-electron chi connectivity index (χ3n) is 2.06. The van der Waals surface area contributed by atoms with Crippen LogP contribution in [0.1, 0.15) is 37.6 Å². The van der Waals surface area contributed by atoms with Gasteiger partial charge in [-0.15, -0.1) is 0 Å². The molecule has 1 aromatic heterocycles. The van der Waals surface area contributed by atoms with Gasteiger partial charge in [-0.2, -0.15) is 0 Å². The number of nitrogens with two attached hydrogens (primary N) is 1. The van der Waals surface area contributed by atoms with Crippen LogP contribution < -0.4 is 5.73 Å². The molecule has 0 spiro atoms. The molecule has 1 rings (SSSR count). The summed E-state index contributed by atoms with van der Waals surface area (Å²) in [4.78, 5) is 4.55. The molecule has 72 valence electrons. The number of hydrogen-bond donors (Lipinski definition) is 1. The Morgan fingerprint density at radius 2 is 2.15 bits per heavy atom. The Labute approximate surface area is 80.2 Å². The van der Waals surface area contributed by atoms with Crippen molar-refractivity contribution in [3.8, 4) is 0 Å². The molecule has 0 aliphatic carbocycles. The molecule has 2 heteroatoms. The van der Waals surface area contributed by atoms with Crippen LogP contribution in [0.3, 0.4) is 0 Å². The average molecular weight is 178 g/mol. The Morgan fingerprint density at radius 3 is 2.77 bits per heavy atom. The molecule has 0 radical (unpaired) electrons. The highest BCUT2D eigenvalue weighted by Gasteiger charge is 2.01. The summed E-state index contributed by atoms with van der Waals surface area (Å²) in [6.07, 6.45) is 2.02. The Bertz CT molecular complexity index is 256. The minimum atomic E-state index is 0.512. The van der Waals surface area contributed by atoms with Crippen molar-refractivity contribution in [3.05, 3.63) is 29.6 Å². The monoisotopic (exact) mass is 178 g/mol. The fourth-order valence-corrected chi connectivity index (χ4v) is 1.24. The van der Waals surface area contributed by atoms with Crippen LogP contribution in [0.2, 0.25) is 0 Å². The van der Waals surface area contributed by atoms with Crippen LogP contribution in [0, 0.1) is 0 Å². The van der Waals surface area contributed by atoms with Gasteiger partial charge >= 0.3 is 0 Å². The largest absolute Gasteiger partial charge is 0.330 e. The number of aryl methyl sites for hydroxylation is 1. The second kappa shape index (κ2) is 4.97. The predicted molar refractivity (Wildman–Crippen MR) is 55.7 cm³/mol. The van der Waals surface area contributed by atoms with Crippen molar-refractivity contribution < 1.29 is 0 Å². The predicted octanol–water partition coefficient (Wildman–Crippen LogP) is 2.10. The van der Waals surface area contributed by atoms with E-state index in [1.165, 1.54) is 5.69 Å². The lowest BCUT2D eigenvalue weighted by Gasteiger charge is -2.06. The van der Waals surface area contributed by atoms with Gasteiger partial charge in [-0.1, -0.05) is 19.9 Å². The van der Waals surface area contributed by atoms with E-state index in [0.717, 1.165) is 25.1 Å². The third kappa shape index (κ3) is 3.15. The number of nitrogens with zero attached hydrogens (tertiary/aromatic N) is 1. The number of pyridine rings is 1. The summed E-state index contributed by atoms with van der Waals surface area (Å²) in [5.41, 5.74) is 7.79. The summed E-state index contributed by atoms with van der Waals surface area (Å²) in [5.74, 6) is 0.512. The normalized spacial score (nSPS) is 10.8. The lowest BCUT2D eigenvalue weighted by atomic mass is 10.1. The van der Waals surface area contributed by atoms with Crippen molar-refractivity contribution in [2.24, 2.45) is 5.73 Å². The van der Waals surface area contributed by atoms with E-state index in [1.54, 1.807) is 0 Å². The van der Waals surface area contributed by atoms with Gasteiger partial charge in [0.15, 0.2) is 0 Å². The number of hydrogen-bond acceptors (Lipinski definition) is 2. The second-order valence-electron chi connectivity index (χ2n) is 3.60. The second-order valence-corrected chi connectivity index (χ2v) is 3.60. The van der Waals surface area contributed by atoms with Gasteiger partial charge in [0.25, 0.3) is 0 Å². The fourth-order valence-electron chi connectivity index (χ4n) is 1.24. The molecule has 1 heterocycles. The molecule has 2 N–H and O–H groups in total. The smallest absolute Gasteiger partial charge is 0.0432 e. The average Bonchev–Trinajstić information content (AvgIpc) is 2.15. The molecular formula is C11H18N2. The molecule has 2 nitrogen and oxygen atoms in total. The quantitative estimate of drug-likeness (QED) is 0.766. The van der Waals surface area contributed by atoms with E-state index in [0.29, 0.717) is 5.92 Å². The van der Waals surface area contributed by atoms with Crippen molar-refractivity contribution in [1.29, 1.82) is 0 Å². The summed E-state index contributed by atoms with van der Waals surface area (Å²) in [5, 5.41) is 0. The molecule has 0 saturated carbocycles. The van der Waals surface area contributed by atoms with E-state index >= 15 is 0 Å². The first-order chi connectivity index (χ1) is 6.24. The third-order valence-corrected chi connectivity index (χ3v) is 2.06. The maximum atomic E-state index is 5.45. The molecule has 0 amide bonds. The van der Waals surface area contributed by atoms with Gasteiger partial charge in [-0.3, -0.25) is 4.98 Å². The zero-order valence-electron chi connectivity index (χ0n) is 8.46. The lowest BCUT2D eigenvalue weighted by Crippen LogP contribution is -2.03. The Morgan fingerprint density at radius 1 is 1.38 bits per heavy atom. The first kappa shape index (κ1) is 10.2. The van der Waals surface area contributed by atoms with Gasteiger partial charge < -0.3 is 5.73 Å². The Kier molecular flexibility index (Phi) is 3.90. The zero-order chi connectivity index (χ0) is 9.68. The molecule has 0 aliphatic rings. The molecule has 0 atom stereocenters. The van der Waals surface area contributed by atoms with Crippen LogP contribution in [-0.2, 0) is 6.42 Å². The van der Waals surface area contributed by atoms with E-state index in [-0.39, 0.29) is 0 Å². The van der Waals surface area contributed by atoms with Crippen LogP contribution in [0.5, 0.6) is 0 Å². The van der Waals surface area contributed by atoms with Crippen LogP contribution in [0.25, 0.3) is 0 Å². The van der Waals surface area contributed by atoms with E-state index in [4.69, 9.17) is 5.73 Å². The van der Waals surface area contributed by atoms with Crippen LogP contribution in [0.4, 0.5) is 0 Å². The SMILES string of the molecule is CC(C)c1cccc(CCCN)n1. The molecule has 0 aromatic carbocycles. The summed E-state index contributed by atoms with van der Waals surface area (Å²) in [6, 6.07) is 6.23. The zero-order valence-corrected chi connectivity index (χ0v) is 8.46. The highest BCUT2D eigenvalue weighted by molar-refractivity contribution is 5.13. The van der Waals surface area contributed by atoms with Crippen molar-refractivity contribution in [3.63, 3.8) is 0 Å². The first-order valence-electron chi connectivity index (χ1n) is 4.90. The van der Waals surface area contributed by atoms with Gasteiger partial charge in [0.2, 0.25) is 0 Å². The molecule has 0 unspecified atom stereocenters. The lowest BCUT2D eigenvalue weighted by molar-refractivity contribution is 0.771. The van der Waals surface area contributed by atoms with Crippen molar-refractivity contribution >= 4 is 0 Å². The van der Waals surface area contributed by atoms with Crippen molar-refractivity contribution in [2.75, 3.05) is 6.54 Å². The Hall–Kier alpha value is -0.890. The van der Waals surface area contributed by atoms with Crippen LogP contribution in [-0.4, -0.2) is 11.5 Å². The summed E-state index contributed by atoms with van der Waals surface area (Å²) < 4.78 is 0. The standard InChI is InChI=1S/C11H18N2/c1-9(2)11-7-3-5-10(13-11)6-4-8-12/h3,5,7,9H,4,6,8,12H2,1-2H3. The van der Waals surface area contributed by atoms with E-state index in [9.17, 15) is 0 Å². The molecule has 13 heavy (non-hydrogen) atoms. The van der Waals surface area contributed by atoms with E-state index in [1.807, 2.05) is 0 Å². The highest BCUT2D eigenvalue weighted by Crippen LogP contribution is 2.11. The van der Waals surface area contributed by atoms with Gasteiger partial charge in [-0.25, -0.2) is 0 Å². The number of aromatic nitrogens is 1. The van der Waals surface area contributed by atoms with Crippen molar-refractivity contribution in [2.45, 2.75) is 32.6 Å². The minimum absolute atomic E-state index is 0.512.